The van der Waals surface area contributed by atoms with Crippen molar-refractivity contribution in [2.75, 3.05) is 23.1 Å². The number of H-pyrrole nitrogens is 1. The highest BCUT2D eigenvalue weighted by Crippen LogP contribution is 2.39. The number of aromatic nitrogens is 1. The normalized spacial score (nSPS) is 13.8. The predicted molar refractivity (Wildman–Crippen MR) is 115 cm³/mol. The first-order valence-corrected chi connectivity index (χ1v) is 9.92. The van der Waals surface area contributed by atoms with E-state index in [1.165, 1.54) is 53.4 Å². The van der Waals surface area contributed by atoms with Crippen molar-refractivity contribution in [1.29, 1.82) is 0 Å². The summed E-state index contributed by atoms with van der Waals surface area (Å²) in [6.45, 7) is 1.85. The predicted octanol–water partition coefficient (Wildman–Crippen LogP) is 4.83. The van der Waals surface area contributed by atoms with E-state index < -0.39 is 24.5 Å². The molecule has 3 aromatic rings. The second kappa shape index (κ2) is 8.27. The first-order valence-electron chi connectivity index (χ1n) is 9.92. The van der Waals surface area contributed by atoms with Crippen molar-refractivity contribution in [3.63, 3.8) is 0 Å². The minimum Gasteiger partial charge on any atom is -0.484 e. The fourth-order valence-electron chi connectivity index (χ4n) is 3.77. The number of benzene rings is 2. The van der Waals surface area contributed by atoms with Crippen LogP contribution in [0, 0.1) is 19.7 Å². The minimum absolute atomic E-state index is 0.0199. The molecule has 1 aliphatic heterocycles. The zero-order valence-corrected chi connectivity index (χ0v) is 17.7. The number of hydrogen-bond donors (Lipinski definition) is 1. The number of carbonyl (C=O) groups excluding carboxylic acids is 1. The Morgan fingerprint density at radius 1 is 0.939 bits per heavy atom. The van der Waals surface area contributed by atoms with E-state index in [4.69, 9.17) is 4.74 Å². The molecule has 33 heavy (non-hydrogen) atoms. The van der Waals surface area contributed by atoms with E-state index in [0.29, 0.717) is 28.3 Å². The van der Waals surface area contributed by atoms with Gasteiger partial charge in [-0.05, 0) is 55.8 Å². The molecule has 1 aliphatic rings. The number of halogens is 4. The third-order valence-corrected chi connectivity index (χ3v) is 5.25. The molecular weight excluding hydrogens is 442 g/mol. The van der Waals surface area contributed by atoms with Crippen LogP contribution in [0.5, 0.6) is 5.75 Å². The van der Waals surface area contributed by atoms with Gasteiger partial charge in [-0.2, -0.15) is 13.2 Å². The van der Waals surface area contributed by atoms with Gasteiger partial charge in [-0.25, -0.2) is 4.39 Å². The molecule has 0 bridgehead atoms. The lowest BCUT2D eigenvalue weighted by Gasteiger charge is -2.39. The van der Waals surface area contributed by atoms with Crippen molar-refractivity contribution >= 4 is 23.0 Å². The van der Waals surface area contributed by atoms with Gasteiger partial charge in [-0.15, -0.1) is 0 Å². The lowest BCUT2D eigenvalue weighted by atomic mass is 10.0. The molecule has 1 amide bonds. The Balaban J connectivity index is 1.83. The number of alkyl halides is 3. The third-order valence-electron chi connectivity index (χ3n) is 5.25. The van der Waals surface area contributed by atoms with E-state index in [1.54, 1.807) is 18.7 Å². The van der Waals surface area contributed by atoms with Crippen LogP contribution in [0.2, 0.25) is 0 Å². The van der Waals surface area contributed by atoms with Gasteiger partial charge in [-0.3, -0.25) is 14.5 Å². The zero-order chi connectivity index (χ0) is 23.9. The molecule has 2 heterocycles. The number of rotatable bonds is 4. The van der Waals surface area contributed by atoms with Crippen LogP contribution in [0.15, 0.2) is 53.3 Å². The van der Waals surface area contributed by atoms with Gasteiger partial charge in [0.05, 0.1) is 16.9 Å². The molecule has 6 nitrogen and oxygen atoms in total. The number of carbonyl (C=O) groups is 1. The van der Waals surface area contributed by atoms with Gasteiger partial charge in [0.2, 0.25) is 5.56 Å². The zero-order valence-electron chi connectivity index (χ0n) is 17.7. The molecule has 0 radical (unpaired) electrons. The van der Waals surface area contributed by atoms with Gasteiger partial charge in [-0.1, -0.05) is 0 Å². The average Bonchev–Trinajstić information content (AvgIpc) is 2.73. The summed E-state index contributed by atoms with van der Waals surface area (Å²) in [5.41, 5.74) is 2.29. The number of nitrogens with one attached hydrogen (secondary N) is 1. The van der Waals surface area contributed by atoms with Crippen LogP contribution in [0.4, 0.5) is 34.6 Å². The van der Waals surface area contributed by atoms with Crippen molar-refractivity contribution in [2.45, 2.75) is 20.0 Å². The summed E-state index contributed by atoms with van der Waals surface area (Å²) in [6, 6.07) is 11.0. The quantitative estimate of drug-likeness (QED) is 0.566. The molecule has 1 N–H and O–H groups in total. The number of ether oxygens (including phenoxy) is 1. The van der Waals surface area contributed by atoms with Crippen LogP contribution in [0.25, 0.3) is 0 Å². The van der Waals surface area contributed by atoms with Gasteiger partial charge in [0.25, 0.3) is 5.91 Å². The molecule has 0 spiro atoms. The molecule has 0 saturated carbocycles. The van der Waals surface area contributed by atoms with Crippen molar-refractivity contribution in [3.05, 3.63) is 81.5 Å². The first-order chi connectivity index (χ1) is 15.5. The summed E-state index contributed by atoms with van der Waals surface area (Å²) in [7, 11) is 0. The Labute approximate surface area is 186 Å². The second-order valence-corrected chi connectivity index (χ2v) is 7.65. The summed E-state index contributed by atoms with van der Waals surface area (Å²) >= 11 is 0. The second-order valence-electron chi connectivity index (χ2n) is 7.65. The summed E-state index contributed by atoms with van der Waals surface area (Å²) in [4.78, 5) is 30.7. The molecular formula is C23H19F4N3O3. The van der Waals surface area contributed by atoms with E-state index in [2.05, 4.69) is 4.98 Å². The van der Waals surface area contributed by atoms with Crippen LogP contribution in [-0.2, 0) is 0 Å². The van der Waals surface area contributed by atoms with Gasteiger partial charge in [0, 0.05) is 23.5 Å². The molecule has 0 fully saturated rings. The molecule has 0 unspecified atom stereocenters. The van der Waals surface area contributed by atoms with Gasteiger partial charge in [0.15, 0.2) is 6.61 Å². The SMILES string of the molecule is Cc1cc(F)ccc1N1CN(c2ccc(=O)[nH]c2C)C(=O)c2ccc(OCC(F)(F)F)cc21. The number of aryl methyl sites for hydroxylation is 2. The van der Waals surface area contributed by atoms with Crippen molar-refractivity contribution < 1.29 is 27.1 Å². The number of amides is 1. The molecule has 0 atom stereocenters. The van der Waals surface area contributed by atoms with Crippen molar-refractivity contribution in [1.82, 2.24) is 4.98 Å². The van der Waals surface area contributed by atoms with Gasteiger partial charge >= 0.3 is 6.18 Å². The molecule has 4 rings (SSSR count). The highest BCUT2D eigenvalue weighted by molar-refractivity contribution is 6.13. The van der Waals surface area contributed by atoms with Gasteiger partial charge < -0.3 is 14.6 Å². The van der Waals surface area contributed by atoms with Crippen LogP contribution in [0.3, 0.4) is 0 Å². The lowest BCUT2D eigenvalue weighted by molar-refractivity contribution is -0.153. The van der Waals surface area contributed by atoms with Crippen LogP contribution in [0.1, 0.15) is 21.6 Å². The molecule has 2 aromatic carbocycles. The highest BCUT2D eigenvalue weighted by Gasteiger charge is 2.34. The average molecular weight is 461 g/mol. The molecule has 0 saturated heterocycles. The number of fused-ring (bicyclic) bond motifs is 1. The Morgan fingerprint density at radius 3 is 2.33 bits per heavy atom. The van der Waals surface area contributed by atoms with Crippen LogP contribution in [-0.4, -0.2) is 30.3 Å². The maximum Gasteiger partial charge on any atom is 0.422 e. The molecule has 172 valence electrons. The van der Waals surface area contributed by atoms with Crippen molar-refractivity contribution in [2.24, 2.45) is 0 Å². The van der Waals surface area contributed by atoms with E-state index in [0.717, 1.165) is 0 Å². The molecule has 1 aromatic heterocycles. The first kappa shape index (κ1) is 22.4. The minimum atomic E-state index is -4.52. The monoisotopic (exact) mass is 461 g/mol. The number of hydrogen-bond acceptors (Lipinski definition) is 4. The summed E-state index contributed by atoms with van der Waals surface area (Å²) in [5, 5.41) is 0. The topological polar surface area (TPSA) is 65.6 Å². The summed E-state index contributed by atoms with van der Waals surface area (Å²) in [6.07, 6.45) is -4.52. The Morgan fingerprint density at radius 2 is 1.67 bits per heavy atom. The number of anilines is 3. The van der Waals surface area contributed by atoms with Crippen molar-refractivity contribution in [3.8, 4) is 5.75 Å². The molecule has 0 aliphatic carbocycles. The largest absolute Gasteiger partial charge is 0.484 e. The smallest absolute Gasteiger partial charge is 0.422 e. The highest BCUT2D eigenvalue weighted by atomic mass is 19.4. The summed E-state index contributed by atoms with van der Waals surface area (Å²) < 4.78 is 56.5. The number of pyridine rings is 1. The maximum atomic E-state index is 13.7. The molecule has 10 heteroatoms. The van der Waals surface area contributed by atoms with E-state index in [9.17, 15) is 27.2 Å². The maximum absolute atomic E-state index is 13.7. The van der Waals surface area contributed by atoms with E-state index in [1.807, 2.05) is 0 Å². The number of aromatic amines is 1. The fraction of sp³-hybridized carbons (Fsp3) is 0.217. The number of nitrogens with zero attached hydrogens (tertiary/aromatic N) is 2. The Hall–Kier alpha value is -3.82. The van der Waals surface area contributed by atoms with Crippen LogP contribution >= 0.6 is 0 Å². The Bertz CT molecular complexity index is 1290. The third kappa shape index (κ3) is 4.55. The fourth-order valence-corrected chi connectivity index (χ4v) is 3.77. The lowest BCUT2D eigenvalue weighted by Crippen LogP contribution is -2.45. The Kier molecular flexibility index (Phi) is 5.61. The van der Waals surface area contributed by atoms with Gasteiger partial charge in [0.1, 0.15) is 18.2 Å². The standard InChI is InChI=1S/C23H19F4N3O3/c1-13-9-15(24)3-6-18(13)29-12-30(19-7-8-21(31)28-14(19)2)22(32)17-5-4-16(10-20(17)29)33-11-23(25,26)27/h3-10H,11-12H2,1-2H3,(H,28,31). The summed E-state index contributed by atoms with van der Waals surface area (Å²) in [5.74, 6) is -0.906. The van der Waals surface area contributed by atoms with E-state index >= 15 is 0 Å². The van der Waals surface area contributed by atoms with E-state index in [-0.39, 0.29) is 23.5 Å². The van der Waals surface area contributed by atoms with Crippen LogP contribution < -0.4 is 20.1 Å².